The first-order valence-corrected chi connectivity index (χ1v) is 13.5. The Hall–Kier alpha value is -4.53. The van der Waals surface area contributed by atoms with Gasteiger partial charge in [0.1, 0.15) is 12.4 Å². The van der Waals surface area contributed by atoms with Crippen molar-refractivity contribution in [1.29, 1.82) is 0 Å². The van der Waals surface area contributed by atoms with Gasteiger partial charge in [-0.25, -0.2) is 4.98 Å². The summed E-state index contributed by atoms with van der Waals surface area (Å²) < 4.78 is 13.5. The molecule has 0 bridgehead atoms. The predicted octanol–water partition coefficient (Wildman–Crippen LogP) is 6.50. The average Bonchev–Trinajstić information content (AvgIpc) is 3.60. The number of aromatic nitrogens is 2. The standard InChI is InChI=1S/C31H26Cl2N4O4/c1-19-36-30-26(6-3-7-27(30)41-19)40-18-23-24(32)13-14-25(29(23)33)37-16-4-5-22(37)17-35-28(38)15-10-20-8-11-21(12-9-20)31(39)34-2/h3-16H,17-18H2,1-2H3,(H,34,39)(H,35,38). The van der Waals surface area contributed by atoms with Gasteiger partial charge in [0.2, 0.25) is 5.91 Å². The number of para-hydroxylation sites is 1. The summed E-state index contributed by atoms with van der Waals surface area (Å²) in [6, 6.07) is 19.8. The van der Waals surface area contributed by atoms with E-state index in [1.807, 2.05) is 47.2 Å². The maximum absolute atomic E-state index is 12.5. The van der Waals surface area contributed by atoms with E-state index in [1.165, 1.54) is 6.08 Å². The van der Waals surface area contributed by atoms with E-state index < -0.39 is 0 Å². The Morgan fingerprint density at radius 1 is 1.05 bits per heavy atom. The Kier molecular flexibility index (Phi) is 8.42. The Bertz CT molecular complexity index is 1760. The summed E-state index contributed by atoms with van der Waals surface area (Å²) in [5, 5.41) is 6.38. The molecule has 3 aromatic carbocycles. The Morgan fingerprint density at radius 2 is 1.85 bits per heavy atom. The van der Waals surface area contributed by atoms with Crippen LogP contribution in [0.2, 0.25) is 10.0 Å². The van der Waals surface area contributed by atoms with Crippen LogP contribution in [0.25, 0.3) is 22.9 Å². The molecule has 0 saturated carbocycles. The second-order valence-electron chi connectivity index (χ2n) is 9.11. The second kappa shape index (κ2) is 12.3. The largest absolute Gasteiger partial charge is 0.486 e. The lowest BCUT2D eigenvalue weighted by atomic mass is 10.1. The Morgan fingerprint density at radius 3 is 2.63 bits per heavy atom. The number of aryl methyl sites for hydroxylation is 1. The van der Waals surface area contributed by atoms with Crippen molar-refractivity contribution >= 4 is 52.2 Å². The van der Waals surface area contributed by atoms with Gasteiger partial charge in [-0.1, -0.05) is 41.4 Å². The SMILES string of the molecule is CNC(=O)c1ccc(C=CC(=O)NCc2cccn2-c2ccc(Cl)c(COc3cccc4oc(C)nc34)c2Cl)cc1. The number of amides is 2. The molecule has 0 aliphatic carbocycles. The summed E-state index contributed by atoms with van der Waals surface area (Å²) in [6.45, 7) is 2.17. The molecule has 0 spiro atoms. The third kappa shape index (κ3) is 6.29. The van der Waals surface area contributed by atoms with Crippen LogP contribution in [-0.2, 0) is 17.9 Å². The number of nitrogens with zero attached hydrogens (tertiary/aromatic N) is 2. The first kappa shape index (κ1) is 28.0. The summed E-state index contributed by atoms with van der Waals surface area (Å²) in [5.41, 5.74) is 4.76. The zero-order valence-corrected chi connectivity index (χ0v) is 23.8. The molecule has 0 fully saturated rings. The molecule has 5 rings (SSSR count). The number of oxazole rings is 1. The third-order valence-electron chi connectivity index (χ3n) is 6.39. The van der Waals surface area contributed by atoms with Gasteiger partial charge in [-0.2, -0.15) is 0 Å². The monoisotopic (exact) mass is 588 g/mol. The van der Waals surface area contributed by atoms with Gasteiger partial charge in [-0.05, 0) is 60.2 Å². The summed E-state index contributed by atoms with van der Waals surface area (Å²) >= 11 is 13.4. The van der Waals surface area contributed by atoms with Crippen molar-refractivity contribution in [2.24, 2.45) is 0 Å². The van der Waals surface area contributed by atoms with Crippen LogP contribution in [0.3, 0.4) is 0 Å². The van der Waals surface area contributed by atoms with Crippen LogP contribution in [0, 0.1) is 6.92 Å². The van der Waals surface area contributed by atoms with Gasteiger partial charge in [0.05, 0.1) is 17.3 Å². The quantitative estimate of drug-likeness (QED) is 0.191. The zero-order valence-electron chi connectivity index (χ0n) is 22.3. The summed E-state index contributed by atoms with van der Waals surface area (Å²) in [6.07, 6.45) is 5.00. The van der Waals surface area contributed by atoms with Crippen LogP contribution in [0.4, 0.5) is 0 Å². The van der Waals surface area contributed by atoms with Crippen molar-refractivity contribution in [2.45, 2.75) is 20.1 Å². The van der Waals surface area contributed by atoms with E-state index in [2.05, 4.69) is 15.6 Å². The van der Waals surface area contributed by atoms with Crippen molar-refractivity contribution in [3.05, 3.63) is 117 Å². The van der Waals surface area contributed by atoms with E-state index >= 15 is 0 Å². The number of benzene rings is 3. The Balaban J connectivity index is 1.27. The highest BCUT2D eigenvalue weighted by atomic mass is 35.5. The molecule has 0 atom stereocenters. The van der Waals surface area contributed by atoms with Crippen molar-refractivity contribution in [3.63, 3.8) is 0 Å². The minimum absolute atomic E-state index is 0.124. The predicted molar refractivity (Wildman–Crippen MR) is 160 cm³/mol. The summed E-state index contributed by atoms with van der Waals surface area (Å²) in [4.78, 5) is 28.6. The topological polar surface area (TPSA) is 98.4 Å². The average molecular weight is 589 g/mol. The molecule has 0 aliphatic heterocycles. The number of rotatable bonds is 9. The number of nitrogens with one attached hydrogen (secondary N) is 2. The fourth-order valence-corrected chi connectivity index (χ4v) is 4.87. The molecule has 10 heteroatoms. The van der Waals surface area contributed by atoms with E-state index in [1.54, 1.807) is 50.4 Å². The van der Waals surface area contributed by atoms with Crippen molar-refractivity contribution in [2.75, 3.05) is 7.05 Å². The van der Waals surface area contributed by atoms with Crippen LogP contribution in [0.15, 0.2) is 83.4 Å². The molecule has 0 radical (unpaired) electrons. The van der Waals surface area contributed by atoms with E-state index in [-0.39, 0.29) is 25.0 Å². The number of fused-ring (bicyclic) bond motifs is 1. The van der Waals surface area contributed by atoms with Crippen molar-refractivity contribution in [1.82, 2.24) is 20.2 Å². The van der Waals surface area contributed by atoms with Gasteiger partial charge in [0, 0.05) is 48.1 Å². The lowest BCUT2D eigenvalue weighted by Crippen LogP contribution is -2.21. The van der Waals surface area contributed by atoms with E-state index in [4.69, 9.17) is 32.4 Å². The molecule has 208 valence electrons. The lowest BCUT2D eigenvalue weighted by Gasteiger charge is -2.16. The molecule has 2 amide bonds. The van der Waals surface area contributed by atoms with Gasteiger partial charge in [-0.15, -0.1) is 0 Å². The van der Waals surface area contributed by atoms with Crippen LogP contribution < -0.4 is 15.4 Å². The number of carbonyl (C=O) groups is 2. The number of carbonyl (C=O) groups excluding carboxylic acids is 2. The zero-order chi connectivity index (χ0) is 28.9. The highest BCUT2D eigenvalue weighted by molar-refractivity contribution is 6.37. The lowest BCUT2D eigenvalue weighted by molar-refractivity contribution is -0.116. The van der Waals surface area contributed by atoms with Crippen LogP contribution >= 0.6 is 23.2 Å². The fraction of sp³-hybridized carbons (Fsp3) is 0.129. The van der Waals surface area contributed by atoms with Gasteiger partial charge in [0.25, 0.3) is 5.91 Å². The normalized spacial score (nSPS) is 11.2. The molecule has 0 saturated heterocycles. The molecule has 41 heavy (non-hydrogen) atoms. The minimum Gasteiger partial charge on any atom is -0.486 e. The van der Waals surface area contributed by atoms with E-state index in [0.717, 1.165) is 11.3 Å². The summed E-state index contributed by atoms with van der Waals surface area (Å²) in [7, 11) is 1.58. The number of ether oxygens (including phenoxy) is 1. The third-order valence-corrected chi connectivity index (χ3v) is 7.17. The second-order valence-corrected chi connectivity index (χ2v) is 9.89. The molecule has 5 aromatic rings. The fourth-order valence-electron chi connectivity index (χ4n) is 4.30. The molecule has 0 unspecified atom stereocenters. The highest BCUT2D eigenvalue weighted by Gasteiger charge is 2.16. The van der Waals surface area contributed by atoms with Crippen LogP contribution in [0.1, 0.15) is 33.1 Å². The maximum atomic E-state index is 12.5. The van der Waals surface area contributed by atoms with Gasteiger partial charge < -0.3 is 24.4 Å². The van der Waals surface area contributed by atoms with Gasteiger partial charge in [-0.3, -0.25) is 9.59 Å². The molecule has 2 N–H and O–H groups in total. The number of hydrogen-bond acceptors (Lipinski definition) is 5. The molecular weight excluding hydrogens is 563 g/mol. The summed E-state index contributed by atoms with van der Waals surface area (Å²) in [5.74, 6) is 0.688. The molecule has 2 heterocycles. The van der Waals surface area contributed by atoms with Crippen molar-refractivity contribution in [3.8, 4) is 11.4 Å². The minimum atomic E-state index is -0.262. The smallest absolute Gasteiger partial charge is 0.251 e. The van der Waals surface area contributed by atoms with Gasteiger partial charge in [0.15, 0.2) is 17.0 Å². The Labute approximate surface area is 246 Å². The molecular formula is C31H26Cl2N4O4. The molecule has 0 aliphatic rings. The van der Waals surface area contributed by atoms with Crippen LogP contribution in [-0.4, -0.2) is 28.4 Å². The maximum Gasteiger partial charge on any atom is 0.251 e. The molecule has 8 nitrogen and oxygen atoms in total. The van der Waals surface area contributed by atoms with E-state index in [0.29, 0.717) is 49.6 Å². The number of hydrogen-bond donors (Lipinski definition) is 2. The molecule has 2 aromatic heterocycles. The van der Waals surface area contributed by atoms with E-state index in [9.17, 15) is 9.59 Å². The van der Waals surface area contributed by atoms with Crippen LogP contribution in [0.5, 0.6) is 5.75 Å². The first-order chi connectivity index (χ1) is 19.8. The first-order valence-electron chi connectivity index (χ1n) is 12.7. The highest BCUT2D eigenvalue weighted by Crippen LogP contribution is 2.34. The van der Waals surface area contributed by atoms with Crippen molar-refractivity contribution < 1.29 is 18.7 Å². The number of halogens is 2. The van der Waals surface area contributed by atoms with Gasteiger partial charge >= 0.3 is 0 Å².